The molecule has 0 aliphatic heterocycles. The Kier molecular flexibility index (Phi) is 1.69. The lowest BCUT2D eigenvalue weighted by Gasteiger charge is -1.81. The first-order chi connectivity index (χ1) is 4.33. The molecule has 1 heterocycles. The molecule has 0 saturated carbocycles. The normalized spacial score (nSPS) is 9.00. The highest BCUT2D eigenvalue weighted by atomic mass is 35.5. The molecular weight excluding hydrogens is 146 g/mol. The summed E-state index contributed by atoms with van der Waals surface area (Å²) >= 11 is 5.22. The van der Waals surface area contributed by atoms with Crippen molar-refractivity contribution in [2.75, 3.05) is 0 Å². The van der Waals surface area contributed by atoms with Crippen molar-refractivity contribution in [1.82, 2.24) is 4.98 Å². The fraction of sp³-hybridized carbons (Fsp3) is 0. The number of carbonyl (C=O) groups is 1. The molecule has 9 heavy (non-hydrogen) atoms. The van der Waals surface area contributed by atoms with Crippen molar-refractivity contribution >= 4 is 18.1 Å². The molecule has 5 heteroatoms. The molecule has 1 aromatic rings. The van der Waals surface area contributed by atoms with Crippen LogP contribution < -0.4 is 4.74 Å². The lowest BCUT2D eigenvalue weighted by atomic mass is 10.9. The first-order valence-corrected chi connectivity index (χ1v) is 2.42. The zero-order valence-corrected chi connectivity index (χ0v) is 4.96. The molecule has 0 radical (unpaired) electrons. The van der Waals surface area contributed by atoms with Gasteiger partial charge < -0.3 is 9.15 Å². The van der Waals surface area contributed by atoms with Crippen LogP contribution >= 0.6 is 11.6 Å². The van der Waals surface area contributed by atoms with Gasteiger partial charge in [0.25, 0.3) is 17.7 Å². The van der Waals surface area contributed by atoms with E-state index in [1.807, 2.05) is 0 Å². The Morgan fingerprint density at radius 1 is 1.89 bits per heavy atom. The molecule has 0 fully saturated rings. The van der Waals surface area contributed by atoms with Crippen molar-refractivity contribution in [1.29, 1.82) is 0 Å². The SMILES string of the molecule is O=COc1coc(Cl)n1. The van der Waals surface area contributed by atoms with E-state index < -0.39 is 0 Å². The summed E-state index contributed by atoms with van der Waals surface area (Å²) in [6.45, 7) is 0.244. The van der Waals surface area contributed by atoms with Crippen molar-refractivity contribution in [2.45, 2.75) is 0 Å². The number of nitrogens with zero attached hydrogens (tertiary/aromatic N) is 1. The maximum Gasteiger partial charge on any atom is 0.299 e. The number of ether oxygens (including phenoxy) is 1. The van der Waals surface area contributed by atoms with Gasteiger partial charge in [0.2, 0.25) is 0 Å². The third-order valence-electron chi connectivity index (χ3n) is 0.624. The van der Waals surface area contributed by atoms with Crippen LogP contribution in [-0.4, -0.2) is 11.5 Å². The van der Waals surface area contributed by atoms with Gasteiger partial charge >= 0.3 is 0 Å². The predicted octanol–water partition coefficient (Wildman–Crippen LogP) is 0.863. The fourth-order valence-corrected chi connectivity index (χ4v) is 0.470. The quantitative estimate of drug-likeness (QED) is 0.583. The molecule has 0 unspecified atom stereocenters. The van der Waals surface area contributed by atoms with Crippen LogP contribution in [0.4, 0.5) is 0 Å². The number of hydrogen-bond donors (Lipinski definition) is 0. The van der Waals surface area contributed by atoms with Gasteiger partial charge in [-0.1, -0.05) is 0 Å². The van der Waals surface area contributed by atoms with Gasteiger partial charge in [-0.05, 0) is 11.6 Å². The van der Waals surface area contributed by atoms with E-state index in [1.165, 1.54) is 0 Å². The average molecular weight is 148 g/mol. The van der Waals surface area contributed by atoms with Crippen molar-refractivity contribution in [3.8, 4) is 5.88 Å². The zero-order chi connectivity index (χ0) is 6.69. The van der Waals surface area contributed by atoms with E-state index in [9.17, 15) is 4.79 Å². The first kappa shape index (κ1) is 6.10. The van der Waals surface area contributed by atoms with Crippen LogP contribution in [0.25, 0.3) is 0 Å². The number of oxazole rings is 1. The second kappa shape index (κ2) is 2.50. The summed E-state index contributed by atoms with van der Waals surface area (Å²) in [7, 11) is 0. The van der Waals surface area contributed by atoms with E-state index in [2.05, 4.69) is 14.1 Å². The summed E-state index contributed by atoms with van der Waals surface area (Å²) in [4.78, 5) is 13.1. The minimum absolute atomic E-state index is 0.0492. The fourth-order valence-electron chi connectivity index (χ4n) is 0.342. The van der Waals surface area contributed by atoms with E-state index in [0.29, 0.717) is 0 Å². The lowest BCUT2D eigenvalue weighted by molar-refractivity contribution is -0.120. The third-order valence-corrected chi connectivity index (χ3v) is 0.798. The molecule has 1 rings (SSSR count). The molecule has 48 valence electrons. The number of hydrogen-bond acceptors (Lipinski definition) is 4. The highest BCUT2D eigenvalue weighted by Crippen LogP contribution is 2.12. The Morgan fingerprint density at radius 3 is 3.11 bits per heavy atom. The van der Waals surface area contributed by atoms with Crippen molar-refractivity contribution < 1.29 is 13.9 Å². The molecule has 0 saturated heterocycles. The molecule has 1 aromatic heterocycles. The highest BCUT2D eigenvalue weighted by molar-refractivity contribution is 6.27. The number of carbonyl (C=O) groups excluding carboxylic acids is 1. The van der Waals surface area contributed by atoms with E-state index in [0.717, 1.165) is 6.26 Å². The molecule has 0 spiro atoms. The van der Waals surface area contributed by atoms with Gasteiger partial charge in [0.1, 0.15) is 0 Å². The summed E-state index contributed by atoms with van der Waals surface area (Å²) in [5, 5.41) is -0.0492. The van der Waals surface area contributed by atoms with Crippen molar-refractivity contribution in [3.63, 3.8) is 0 Å². The van der Waals surface area contributed by atoms with Gasteiger partial charge in [0.15, 0.2) is 6.26 Å². The first-order valence-electron chi connectivity index (χ1n) is 2.04. The average Bonchev–Trinajstić information content (AvgIpc) is 2.17. The monoisotopic (exact) mass is 147 g/mol. The van der Waals surface area contributed by atoms with Crippen molar-refractivity contribution in [3.05, 3.63) is 11.6 Å². The van der Waals surface area contributed by atoms with E-state index in [1.54, 1.807) is 0 Å². The van der Waals surface area contributed by atoms with Crippen LogP contribution in [0.3, 0.4) is 0 Å². The smallest absolute Gasteiger partial charge is 0.299 e. The van der Waals surface area contributed by atoms with Gasteiger partial charge in [0, 0.05) is 0 Å². The molecule has 0 aromatic carbocycles. The summed E-state index contributed by atoms with van der Waals surface area (Å²) in [6.07, 6.45) is 1.14. The van der Waals surface area contributed by atoms with Gasteiger partial charge in [-0.3, -0.25) is 4.79 Å². The summed E-state index contributed by atoms with van der Waals surface area (Å²) in [5.74, 6) is 0.0648. The van der Waals surface area contributed by atoms with E-state index in [4.69, 9.17) is 11.6 Å². The third kappa shape index (κ3) is 1.43. The van der Waals surface area contributed by atoms with Crippen LogP contribution in [-0.2, 0) is 4.79 Å². The minimum Gasteiger partial charge on any atom is -0.432 e. The van der Waals surface area contributed by atoms with Crippen LogP contribution in [0.2, 0.25) is 5.35 Å². The summed E-state index contributed by atoms with van der Waals surface area (Å²) in [5.41, 5.74) is 0. The maximum absolute atomic E-state index is 9.64. The van der Waals surface area contributed by atoms with Gasteiger partial charge in [-0.15, -0.1) is 0 Å². The Labute approximate surface area is 55.4 Å². The Hall–Kier alpha value is -1.03. The number of halogens is 1. The summed E-state index contributed by atoms with van der Waals surface area (Å²) in [6, 6.07) is 0. The molecule has 0 aliphatic rings. The van der Waals surface area contributed by atoms with Crippen LogP contribution in [0.1, 0.15) is 0 Å². The van der Waals surface area contributed by atoms with E-state index in [-0.39, 0.29) is 17.7 Å². The predicted molar refractivity (Wildman–Crippen MR) is 28.2 cm³/mol. The highest BCUT2D eigenvalue weighted by Gasteiger charge is 1.98. The zero-order valence-electron chi connectivity index (χ0n) is 4.20. The molecule has 0 atom stereocenters. The number of rotatable bonds is 2. The van der Waals surface area contributed by atoms with Crippen LogP contribution in [0, 0.1) is 0 Å². The molecule has 0 aliphatic carbocycles. The largest absolute Gasteiger partial charge is 0.432 e. The maximum atomic E-state index is 9.64. The van der Waals surface area contributed by atoms with Gasteiger partial charge in [-0.25, -0.2) is 0 Å². The molecule has 0 N–H and O–H groups in total. The second-order valence-electron chi connectivity index (χ2n) is 1.15. The molecular formula is C4H2ClNO3. The van der Waals surface area contributed by atoms with Crippen LogP contribution in [0.5, 0.6) is 5.88 Å². The van der Waals surface area contributed by atoms with E-state index >= 15 is 0 Å². The summed E-state index contributed by atoms with van der Waals surface area (Å²) < 4.78 is 8.74. The van der Waals surface area contributed by atoms with Gasteiger partial charge in [0.05, 0.1) is 0 Å². The molecule has 0 bridgehead atoms. The minimum atomic E-state index is -0.0492. The van der Waals surface area contributed by atoms with Crippen molar-refractivity contribution in [2.24, 2.45) is 0 Å². The number of aromatic nitrogens is 1. The Morgan fingerprint density at radius 2 is 2.67 bits per heavy atom. The Bertz CT molecular complexity index is 209. The second-order valence-corrected chi connectivity index (χ2v) is 1.48. The van der Waals surface area contributed by atoms with Crippen LogP contribution in [0.15, 0.2) is 10.7 Å². The van der Waals surface area contributed by atoms with Gasteiger partial charge in [-0.2, -0.15) is 4.98 Å². The molecule has 0 amide bonds. The lowest BCUT2D eigenvalue weighted by Crippen LogP contribution is -1.86. The Balaban J connectivity index is 2.72. The standard InChI is InChI=1S/C4H2ClNO3/c5-4-6-3(1-8-4)9-2-7/h1-2H. The topological polar surface area (TPSA) is 52.3 Å². The molecule has 4 nitrogen and oxygen atoms in total.